The zero-order chi connectivity index (χ0) is 18.7. The monoisotopic (exact) mass is 386 g/mol. The average molecular weight is 387 g/mol. The van der Waals surface area contributed by atoms with Gasteiger partial charge in [0, 0.05) is 16.1 Å². The molecule has 0 saturated carbocycles. The lowest BCUT2D eigenvalue weighted by atomic mass is 10.1. The molecule has 26 heavy (non-hydrogen) atoms. The minimum absolute atomic E-state index is 0.331. The van der Waals surface area contributed by atoms with Crippen molar-refractivity contribution in [3.8, 4) is 10.6 Å². The fraction of sp³-hybridized carbons (Fsp3) is 0.105. The molecule has 0 aliphatic rings. The van der Waals surface area contributed by atoms with Gasteiger partial charge in [0.2, 0.25) is 6.10 Å². The molecule has 3 aromatic rings. The fourth-order valence-electron chi connectivity index (χ4n) is 2.38. The molecule has 0 aliphatic carbocycles. The van der Waals surface area contributed by atoms with Crippen LogP contribution in [0.2, 0.25) is 5.02 Å². The molecule has 5 nitrogen and oxygen atoms in total. The quantitative estimate of drug-likeness (QED) is 0.667. The molecule has 3 rings (SSSR count). The Morgan fingerprint density at radius 3 is 2.38 bits per heavy atom. The van der Waals surface area contributed by atoms with Crippen LogP contribution in [-0.4, -0.2) is 16.9 Å². The lowest BCUT2D eigenvalue weighted by Crippen LogP contribution is -2.26. The minimum atomic E-state index is -1.15. The molecule has 0 fully saturated rings. The van der Waals surface area contributed by atoms with Gasteiger partial charge in [-0.05, 0) is 19.1 Å². The Balaban J connectivity index is 1.85. The van der Waals surface area contributed by atoms with Crippen LogP contribution in [0.15, 0.2) is 54.6 Å². The third-order valence-corrected chi connectivity index (χ3v) is 5.10. The second kappa shape index (κ2) is 7.68. The van der Waals surface area contributed by atoms with Gasteiger partial charge in [-0.3, -0.25) is 4.79 Å². The molecule has 0 aliphatic heterocycles. The Kier molecular flexibility index (Phi) is 5.35. The lowest BCUT2D eigenvalue weighted by Gasteiger charge is -2.14. The highest BCUT2D eigenvalue weighted by molar-refractivity contribution is 7.17. The van der Waals surface area contributed by atoms with E-state index in [1.54, 1.807) is 49.4 Å². The second-order valence-electron chi connectivity index (χ2n) is 5.54. The first-order chi connectivity index (χ1) is 12.5. The number of carbonyl (C=O) groups excluding carboxylic acids is 2. The van der Waals surface area contributed by atoms with Crippen molar-refractivity contribution in [2.75, 3.05) is 0 Å². The molecule has 1 atom stereocenters. The number of halogens is 1. The molecule has 0 radical (unpaired) electrons. The van der Waals surface area contributed by atoms with Crippen molar-refractivity contribution in [3.05, 3.63) is 75.8 Å². The van der Waals surface area contributed by atoms with Crippen LogP contribution < -0.4 is 5.73 Å². The van der Waals surface area contributed by atoms with E-state index in [0.29, 0.717) is 26.2 Å². The summed E-state index contributed by atoms with van der Waals surface area (Å²) < 4.78 is 5.37. The SMILES string of the molecule is Cc1nc(-c2ccc(Cl)cc2)sc1C(=O)OC(C(N)=O)c1ccccc1. The Morgan fingerprint density at radius 2 is 1.77 bits per heavy atom. The number of aromatic nitrogens is 1. The number of esters is 1. The van der Waals surface area contributed by atoms with Gasteiger partial charge in [0.15, 0.2) is 0 Å². The minimum Gasteiger partial charge on any atom is -0.443 e. The molecule has 132 valence electrons. The molecule has 0 bridgehead atoms. The normalized spacial score (nSPS) is 11.8. The van der Waals surface area contributed by atoms with Crippen LogP contribution in [0, 0.1) is 6.92 Å². The number of thiazole rings is 1. The van der Waals surface area contributed by atoms with Crippen LogP contribution in [0.25, 0.3) is 10.6 Å². The summed E-state index contributed by atoms with van der Waals surface area (Å²) in [6, 6.07) is 15.8. The van der Waals surface area contributed by atoms with Gasteiger partial charge in [-0.2, -0.15) is 0 Å². The molecule has 7 heteroatoms. The van der Waals surface area contributed by atoms with E-state index in [4.69, 9.17) is 22.1 Å². The molecule has 1 heterocycles. The molecule has 1 unspecified atom stereocenters. The molecule has 0 spiro atoms. The van der Waals surface area contributed by atoms with E-state index in [1.807, 2.05) is 12.1 Å². The highest BCUT2D eigenvalue weighted by Gasteiger charge is 2.26. The number of benzene rings is 2. The zero-order valence-corrected chi connectivity index (χ0v) is 15.4. The van der Waals surface area contributed by atoms with Crippen molar-refractivity contribution in [2.24, 2.45) is 5.73 Å². The second-order valence-corrected chi connectivity index (χ2v) is 6.97. The first kappa shape index (κ1) is 18.1. The van der Waals surface area contributed by atoms with Crippen molar-refractivity contribution in [1.82, 2.24) is 4.98 Å². The first-order valence-electron chi connectivity index (χ1n) is 7.74. The highest BCUT2D eigenvalue weighted by Crippen LogP contribution is 2.30. The maximum atomic E-state index is 12.6. The third kappa shape index (κ3) is 3.92. The summed E-state index contributed by atoms with van der Waals surface area (Å²) in [6.45, 7) is 1.72. The molecular formula is C19H15ClN2O3S. The number of hydrogen-bond acceptors (Lipinski definition) is 5. The van der Waals surface area contributed by atoms with Crippen molar-refractivity contribution in [3.63, 3.8) is 0 Å². The number of amides is 1. The molecule has 2 aromatic carbocycles. The Bertz CT molecular complexity index is 939. The summed E-state index contributed by atoms with van der Waals surface area (Å²) >= 11 is 7.09. The number of nitrogens with two attached hydrogens (primary N) is 1. The molecule has 0 saturated heterocycles. The molecule has 2 N–H and O–H groups in total. The zero-order valence-electron chi connectivity index (χ0n) is 13.8. The van der Waals surface area contributed by atoms with Gasteiger partial charge in [-0.15, -0.1) is 11.3 Å². The van der Waals surface area contributed by atoms with Gasteiger partial charge in [0.05, 0.1) is 5.69 Å². The number of carbonyl (C=O) groups is 2. The van der Waals surface area contributed by atoms with Crippen molar-refractivity contribution in [2.45, 2.75) is 13.0 Å². The van der Waals surface area contributed by atoms with Gasteiger partial charge >= 0.3 is 5.97 Å². The topological polar surface area (TPSA) is 82.3 Å². The van der Waals surface area contributed by atoms with E-state index in [0.717, 1.165) is 5.56 Å². The predicted octanol–water partition coefficient (Wildman–Crippen LogP) is 4.16. The van der Waals surface area contributed by atoms with Crippen LogP contribution in [0.4, 0.5) is 0 Å². The first-order valence-corrected chi connectivity index (χ1v) is 8.94. The summed E-state index contributed by atoms with van der Waals surface area (Å²) in [4.78, 5) is 29.0. The maximum absolute atomic E-state index is 12.6. The van der Waals surface area contributed by atoms with Crippen LogP contribution in [0.1, 0.15) is 27.0 Å². The van der Waals surface area contributed by atoms with Crippen molar-refractivity contribution in [1.29, 1.82) is 0 Å². The number of ether oxygens (including phenoxy) is 1. The van der Waals surface area contributed by atoms with Crippen LogP contribution >= 0.6 is 22.9 Å². The Labute approximate surface area is 159 Å². The summed E-state index contributed by atoms with van der Waals surface area (Å²) in [5.41, 5.74) is 7.30. The summed E-state index contributed by atoms with van der Waals surface area (Å²) in [7, 11) is 0. The molecular weight excluding hydrogens is 372 g/mol. The average Bonchev–Trinajstić information content (AvgIpc) is 3.02. The van der Waals surface area contributed by atoms with Gasteiger partial charge in [-0.25, -0.2) is 9.78 Å². The van der Waals surface area contributed by atoms with E-state index in [-0.39, 0.29) is 0 Å². The number of hydrogen-bond donors (Lipinski definition) is 1. The van der Waals surface area contributed by atoms with Crippen LogP contribution in [-0.2, 0) is 9.53 Å². The van der Waals surface area contributed by atoms with E-state index in [2.05, 4.69) is 4.98 Å². The largest absolute Gasteiger partial charge is 0.443 e. The van der Waals surface area contributed by atoms with Crippen molar-refractivity contribution < 1.29 is 14.3 Å². The van der Waals surface area contributed by atoms with Crippen molar-refractivity contribution >= 4 is 34.8 Å². The Hall–Kier alpha value is -2.70. The van der Waals surface area contributed by atoms with Gasteiger partial charge in [-0.1, -0.05) is 54.1 Å². The summed E-state index contributed by atoms with van der Waals surface area (Å²) in [5.74, 6) is -1.36. The van der Waals surface area contributed by atoms with Gasteiger partial charge < -0.3 is 10.5 Å². The number of nitrogens with zero attached hydrogens (tertiary/aromatic N) is 1. The number of rotatable bonds is 5. The maximum Gasteiger partial charge on any atom is 0.351 e. The lowest BCUT2D eigenvalue weighted by molar-refractivity contribution is -0.127. The predicted molar refractivity (Wildman–Crippen MR) is 101 cm³/mol. The summed E-state index contributed by atoms with van der Waals surface area (Å²) in [5, 5.41) is 1.29. The van der Waals surface area contributed by atoms with E-state index in [1.165, 1.54) is 11.3 Å². The van der Waals surface area contributed by atoms with Gasteiger partial charge in [0.1, 0.15) is 9.88 Å². The fourth-order valence-corrected chi connectivity index (χ4v) is 3.46. The standard InChI is InChI=1S/C19H15ClN2O3S/c1-11-16(26-18(22-11)13-7-9-14(20)10-8-13)19(24)25-15(17(21)23)12-5-3-2-4-6-12/h2-10,15H,1H3,(H2,21,23). The summed E-state index contributed by atoms with van der Waals surface area (Å²) in [6.07, 6.45) is -1.15. The van der Waals surface area contributed by atoms with Gasteiger partial charge in [0.25, 0.3) is 5.91 Å². The molecule has 1 amide bonds. The van der Waals surface area contributed by atoms with Crippen LogP contribution in [0.3, 0.4) is 0 Å². The molecule has 1 aromatic heterocycles. The van der Waals surface area contributed by atoms with E-state index >= 15 is 0 Å². The Morgan fingerprint density at radius 1 is 1.12 bits per heavy atom. The highest BCUT2D eigenvalue weighted by atomic mass is 35.5. The number of primary amides is 1. The van der Waals surface area contributed by atoms with Crippen LogP contribution in [0.5, 0.6) is 0 Å². The number of aryl methyl sites for hydroxylation is 1. The van der Waals surface area contributed by atoms with E-state index < -0.39 is 18.0 Å². The third-order valence-electron chi connectivity index (χ3n) is 3.66. The smallest absolute Gasteiger partial charge is 0.351 e. The van der Waals surface area contributed by atoms with E-state index in [9.17, 15) is 9.59 Å².